The molecule has 5 heteroatoms. The Hall–Kier alpha value is -3.03. The fourth-order valence-corrected chi connectivity index (χ4v) is 3.71. The molecule has 0 bridgehead atoms. The average molecular weight is 393 g/mol. The number of benzene rings is 2. The quantitative estimate of drug-likeness (QED) is 0.377. The van der Waals surface area contributed by atoms with Gasteiger partial charge in [-0.3, -0.25) is 0 Å². The molecule has 1 heterocycles. The lowest BCUT2D eigenvalue weighted by Crippen LogP contribution is -2.12. The number of rotatable bonds is 5. The Morgan fingerprint density at radius 1 is 1.11 bits per heavy atom. The zero-order chi connectivity index (χ0) is 20.3. The van der Waals surface area contributed by atoms with Gasteiger partial charge in [0.05, 0.1) is 13.2 Å². The van der Waals surface area contributed by atoms with Crippen LogP contribution in [0, 0.1) is 6.57 Å². The van der Waals surface area contributed by atoms with Gasteiger partial charge in [-0.1, -0.05) is 61.0 Å². The first-order valence-corrected chi connectivity index (χ1v) is 9.52. The van der Waals surface area contributed by atoms with Gasteiger partial charge in [0.15, 0.2) is 0 Å². The number of halogens is 1. The number of nitrogens with zero attached hydrogens (tertiary/aromatic N) is 2. The summed E-state index contributed by atoms with van der Waals surface area (Å²) in [5.74, 6) is -0.417. The third-order valence-electron chi connectivity index (χ3n) is 4.76. The van der Waals surface area contributed by atoms with Crippen molar-refractivity contribution in [3.05, 3.63) is 76.4 Å². The lowest BCUT2D eigenvalue weighted by atomic mass is 9.99. The van der Waals surface area contributed by atoms with Crippen LogP contribution in [-0.2, 0) is 18.2 Å². The van der Waals surface area contributed by atoms with Crippen LogP contribution in [0.15, 0.2) is 48.5 Å². The molecule has 142 valence electrons. The second-order valence-electron chi connectivity index (χ2n) is 6.32. The third kappa shape index (κ3) is 3.42. The molecule has 0 N–H and O–H groups in total. The van der Waals surface area contributed by atoms with Crippen molar-refractivity contribution in [2.24, 2.45) is 7.05 Å². The first-order valence-electron chi connectivity index (χ1n) is 9.14. The van der Waals surface area contributed by atoms with E-state index >= 15 is 0 Å². The van der Waals surface area contributed by atoms with Gasteiger partial charge in [0.1, 0.15) is 5.69 Å². The summed E-state index contributed by atoms with van der Waals surface area (Å²) in [6.45, 7) is 11.7. The van der Waals surface area contributed by atoms with Gasteiger partial charge in [-0.15, -0.1) is 0 Å². The van der Waals surface area contributed by atoms with Crippen molar-refractivity contribution in [1.29, 1.82) is 0 Å². The van der Waals surface area contributed by atoms with Gasteiger partial charge in [0, 0.05) is 28.9 Å². The Morgan fingerprint density at radius 2 is 1.75 bits per heavy atom. The van der Waals surface area contributed by atoms with Crippen LogP contribution >= 0.6 is 11.6 Å². The van der Waals surface area contributed by atoms with Crippen LogP contribution in [0.1, 0.15) is 30.0 Å². The highest BCUT2D eigenvalue weighted by Crippen LogP contribution is 2.40. The first kappa shape index (κ1) is 19.7. The molecule has 2 aromatic carbocycles. The molecule has 0 saturated heterocycles. The van der Waals surface area contributed by atoms with E-state index in [1.165, 1.54) is 0 Å². The predicted molar refractivity (Wildman–Crippen MR) is 113 cm³/mol. The number of hydrogen-bond donors (Lipinski definition) is 0. The minimum atomic E-state index is -0.417. The summed E-state index contributed by atoms with van der Waals surface area (Å²) in [7, 11) is 1.81. The molecule has 0 atom stereocenters. The molecule has 0 amide bonds. The maximum Gasteiger partial charge on any atom is 0.354 e. The predicted octanol–water partition coefficient (Wildman–Crippen LogP) is 6.30. The number of carbonyl (C=O) groups excluding carboxylic acids is 1. The van der Waals surface area contributed by atoms with E-state index in [0.29, 0.717) is 28.4 Å². The van der Waals surface area contributed by atoms with Crippen molar-refractivity contribution in [1.82, 2.24) is 4.57 Å². The summed E-state index contributed by atoms with van der Waals surface area (Å²) in [6.07, 6.45) is 0.651. The topological polar surface area (TPSA) is 35.6 Å². The van der Waals surface area contributed by atoms with Gasteiger partial charge in [0.2, 0.25) is 5.69 Å². The molecule has 0 unspecified atom stereocenters. The molecule has 4 nitrogen and oxygen atoms in total. The van der Waals surface area contributed by atoms with Crippen LogP contribution in [0.5, 0.6) is 0 Å². The molecule has 1 aromatic heterocycles. The molecular weight excluding hydrogens is 372 g/mol. The summed E-state index contributed by atoms with van der Waals surface area (Å²) in [6, 6.07) is 15.4. The summed E-state index contributed by atoms with van der Waals surface area (Å²) >= 11 is 6.30. The normalized spacial score (nSPS) is 10.5. The second kappa shape index (κ2) is 8.33. The van der Waals surface area contributed by atoms with Crippen LogP contribution in [-0.4, -0.2) is 17.1 Å². The van der Waals surface area contributed by atoms with E-state index in [0.717, 1.165) is 22.4 Å². The van der Waals surface area contributed by atoms with Crippen molar-refractivity contribution in [2.75, 3.05) is 6.61 Å². The fourth-order valence-electron chi connectivity index (χ4n) is 3.47. The largest absolute Gasteiger partial charge is 0.461 e. The van der Waals surface area contributed by atoms with Gasteiger partial charge in [-0.25, -0.2) is 9.64 Å². The molecule has 0 fully saturated rings. The van der Waals surface area contributed by atoms with Crippen molar-refractivity contribution >= 4 is 23.3 Å². The van der Waals surface area contributed by atoms with E-state index < -0.39 is 5.97 Å². The van der Waals surface area contributed by atoms with Gasteiger partial charge >= 0.3 is 5.97 Å². The van der Waals surface area contributed by atoms with Crippen LogP contribution in [0.2, 0.25) is 5.02 Å². The SMILES string of the molecule is [C-]#[N+]c1c(-c2ccc(-c3ccccc3Cl)cc2)c(C(=O)OCC)n(C)c1CC. The third-order valence-corrected chi connectivity index (χ3v) is 5.09. The Kier molecular flexibility index (Phi) is 5.87. The Labute approximate surface area is 170 Å². The minimum Gasteiger partial charge on any atom is -0.461 e. The molecule has 0 spiro atoms. The lowest BCUT2D eigenvalue weighted by molar-refractivity contribution is 0.0516. The summed E-state index contributed by atoms with van der Waals surface area (Å²) in [5, 5.41) is 0.678. The van der Waals surface area contributed by atoms with E-state index in [9.17, 15) is 4.79 Å². The molecule has 3 aromatic rings. The van der Waals surface area contributed by atoms with Gasteiger partial charge in [-0.2, -0.15) is 0 Å². The zero-order valence-corrected chi connectivity index (χ0v) is 16.9. The molecular formula is C23H21ClN2O2. The highest BCUT2D eigenvalue weighted by atomic mass is 35.5. The Morgan fingerprint density at radius 3 is 2.32 bits per heavy atom. The van der Waals surface area contributed by atoms with E-state index in [1.54, 1.807) is 18.5 Å². The van der Waals surface area contributed by atoms with Gasteiger partial charge in [0.25, 0.3) is 0 Å². The van der Waals surface area contributed by atoms with Crippen molar-refractivity contribution in [2.45, 2.75) is 20.3 Å². The van der Waals surface area contributed by atoms with Gasteiger partial charge < -0.3 is 9.30 Å². The van der Waals surface area contributed by atoms with Crippen LogP contribution in [0.25, 0.3) is 27.1 Å². The first-order chi connectivity index (χ1) is 13.5. The number of esters is 1. The van der Waals surface area contributed by atoms with Crippen LogP contribution < -0.4 is 0 Å². The molecule has 0 saturated carbocycles. The number of carbonyl (C=O) groups is 1. The highest BCUT2D eigenvalue weighted by molar-refractivity contribution is 6.33. The average Bonchev–Trinajstić information content (AvgIpc) is 3.00. The molecule has 0 aliphatic rings. The minimum absolute atomic E-state index is 0.281. The van der Waals surface area contributed by atoms with Crippen LogP contribution in [0.3, 0.4) is 0 Å². The lowest BCUT2D eigenvalue weighted by Gasteiger charge is -2.10. The van der Waals surface area contributed by atoms with E-state index in [4.69, 9.17) is 22.9 Å². The molecule has 28 heavy (non-hydrogen) atoms. The van der Waals surface area contributed by atoms with E-state index in [1.807, 2.05) is 55.5 Å². The Bertz CT molecular complexity index is 1060. The van der Waals surface area contributed by atoms with E-state index in [-0.39, 0.29) is 6.61 Å². The Balaban J connectivity index is 2.17. The van der Waals surface area contributed by atoms with Crippen molar-refractivity contribution in [3.63, 3.8) is 0 Å². The molecule has 3 rings (SSSR count). The molecule has 0 aliphatic heterocycles. The van der Waals surface area contributed by atoms with Crippen molar-refractivity contribution in [3.8, 4) is 22.3 Å². The number of ether oxygens (including phenoxy) is 1. The zero-order valence-electron chi connectivity index (χ0n) is 16.1. The number of aromatic nitrogens is 1. The second-order valence-corrected chi connectivity index (χ2v) is 6.73. The van der Waals surface area contributed by atoms with Crippen molar-refractivity contribution < 1.29 is 9.53 Å². The number of hydrogen-bond acceptors (Lipinski definition) is 2. The maximum atomic E-state index is 12.6. The summed E-state index contributed by atoms with van der Waals surface area (Å²) in [5.41, 5.74) is 5.08. The highest BCUT2D eigenvalue weighted by Gasteiger charge is 2.26. The maximum absolute atomic E-state index is 12.6. The van der Waals surface area contributed by atoms with E-state index in [2.05, 4.69) is 4.85 Å². The standard InChI is InChI=1S/C23H21ClN2O2/c1-5-19-21(25-3)20(22(26(19)4)23(27)28-6-2)16-13-11-15(12-14-16)17-9-7-8-10-18(17)24/h7-14H,5-6H2,1-2,4H3. The smallest absolute Gasteiger partial charge is 0.354 e. The van der Waals surface area contributed by atoms with Gasteiger partial charge in [-0.05, 0) is 30.5 Å². The summed E-state index contributed by atoms with van der Waals surface area (Å²) < 4.78 is 7.04. The van der Waals surface area contributed by atoms with Crippen LogP contribution in [0.4, 0.5) is 5.69 Å². The monoisotopic (exact) mass is 392 g/mol. The fraction of sp³-hybridized carbons (Fsp3) is 0.217. The summed E-state index contributed by atoms with van der Waals surface area (Å²) in [4.78, 5) is 16.4. The molecule has 0 aliphatic carbocycles. The molecule has 0 radical (unpaired) electrons.